The number of fused-ring (bicyclic) bond motifs is 1. The number of amides is 1. The molecule has 0 atom stereocenters. The van der Waals surface area contributed by atoms with Gasteiger partial charge in [0.05, 0.1) is 17.5 Å². The van der Waals surface area contributed by atoms with Crippen LogP contribution in [0.1, 0.15) is 15.9 Å². The summed E-state index contributed by atoms with van der Waals surface area (Å²) in [6, 6.07) is 1.85. The molecule has 0 aliphatic carbocycles. The maximum Gasteiger partial charge on any atom is 0.341 e. The molecule has 4 aromatic heterocycles. The van der Waals surface area contributed by atoms with E-state index in [1.54, 1.807) is 13.0 Å². The van der Waals surface area contributed by atoms with Crippen LogP contribution in [0.15, 0.2) is 40.3 Å². The van der Waals surface area contributed by atoms with E-state index >= 15 is 0 Å². The number of pyridine rings is 2. The molecule has 5 rings (SSSR count). The van der Waals surface area contributed by atoms with E-state index in [-0.39, 0.29) is 34.4 Å². The van der Waals surface area contributed by atoms with Crippen LogP contribution >= 0.6 is 11.5 Å². The lowest BCUT2D eigenvalue weighted by atomic mass is 9.99. The van der Waals surface area contributed by atoms with Crippen molar-refractivity contribution in [3.8, 4) is 5.13 Å². The summed E-state index contributed by atoms with van der Waals surface area (Å²) in [5, 5.41) is 12.7. The third kappa shape index (κ3) is 3.28. The molecule has 0 bridgehead atoms. The fourth-order valence-electron chi connectivity index (χ4n) is 3.54. The zero-order valence-electron chi connectivity index (χ0n) is 16.6. The molecule has 1 saturated heterocycles. The molecule has 1 aliphatic rings. The van der Waals surface area contributed by atoms with E-state index in [1.165, 1.54) is 29.6 Å². The fraction of sp³-hybridized carbons (Fsp3) is 0.211. The molecule has 2 N–H and O–H groups in total. The van der Waals surface area contributed by atoms with E-state index < -0.39 is 11.4 Å². The van der Waals surface area contributed by atoms with Gasteiger partial charge in [-0.3, -0.25) is 19.5 Å². The monoisotopic (exact) mass is 453 g/mol. The van der Waals surface area contributed by atoms with E-state index in [0.717, 1.165) is 11.5 Å². The molecular formula is C19H15N7O5S. The second-order valence-corrected chi connectivity index (χ2v) is 7.95. The largest absolute Gasteiger partial charge is 0.477 e. The second-order valence-electron chi connectivity index (χ2n) is 7.20. The number of aromatic nitrogens is 5. The Kier molecular flexibility index (Phi) is 4.66. The van der Waals surface area contributed by atoms with Gasteiger partial charge in [-0.15, -0.1) is 0 Å². The number of carboxylic acids is 1. The topological polar surface area (TPSA) is 156 Å². The lowest BCUT2D eigenvalue weighted by Gasteiger charge is -2.39. The summed E-state index contributed by atoms with van der Waals surface area (Å²) >= 11 is 1.05. The van der Waals surface area contributed by atoms with Crippen molar-refractivity contribution < 1.29 is 19.1 Å². The number of carboxylic acid groups (broad SMARTS) is 1. The first-order chi connectivity index (χ1) is 15.4. The van der Waals surface area contributed by atoms with Gasteiger partial charge in [0.15, 0.2) is 5.65 Å². The molecule has 1 aliphatic heterocycles. The van der Waals surface area contributed by atoms with Crippen molar-refractivity contribution in [2.24, 2.45) is 5.92 Å². The van der Waals surface area contributed by atoms with Crippen LogP contribution in [0.2, 0.25) is 0 Å². The molecule has 0 aromatic carbocycles. The van der Waals surface area contributed by atoms with Gasteiger partial charge in [0.2, 0.25) is 16.5 Å². The predicted molar refractivity (Wildman–Crippen MR) is 113 cm³/mol. The van der Waals surface area contributed by atoms with E-state index in [9.17, 15) is 19.5 Å². The van der Waals surface area contributed by atoms with Gasteiger partial charge in [-0.1, -0.05) is 0 Å². The Morgan fingerprint density at radius 3 is 2.78 bits per heavy atom. The zero-order chi connectivity index (χ0) is 22.4. The maximum absolute atomic E-state index is 12.8. The van der Waals surface area contributed by atoms with Crippen molar-refractivity contribution >= 4 is 46.3 Å². The Morgan fingerprint density at radius 2 is 2.12 bits per heavy atom. The standard InChI is InChI=1S/C19H15N7O5S/c1-9-4-12(25-5-10(6-25)16(28)24-18-20-2-3-31-18)23-15-13(9)14(27)11(17(29)30)7-26(15)19-21-8-22-32-19/h2-4,7-8,10H,5-6H2,1H3,(H,29,30)(H,20,24,28). The van der Waals surface area contributed by atoms with E-state index in [4.69, 9.17) is 4.42 Å². The lowest BCUT2D eigenvalue weighted by molar-refractivity contribution is -0.120. The maximum atomic E-state index is 12.8. The molecule has 0 radical (unpaired) electrons. The van der Waals surface area contributed by atoms with Crippen LogP contribution < -0.4 is 15.6 Å². The van der Waals surface area contributed by atoms with Gasteiger partial charge in [0.25, 0.3) is 0 Å². The number of carbonyl (C=O) groups excluding carboxylic acids is 1. The summed E-state index contributed by atoms with van der Waals surface area (Å²) in [6.45, 7) is 2.55. The van der Waals surface area contributed by atoms with Crippen LogP contribution in [0.5, 0.6) is 0 Å². The van der Waals surface area contributed by atoms with Crippen molar-refractivity contribution in [3.63, 3.8) is 0 Å². The molecule has 0 saturated carbocycles. The second kappa shape index (κ2) is 7.53. The Morgan fingerprint density at radius 1 is 1.31 bits per heavy atom. The summed E-state index contributed by atoms with van der Waals surface area (Å²) in [5.41, 5.74) is -0.141. The number of nitrogens with one attached hydrogen (secondary N) is 1. The van der Waals surface area contributed by atoms with Crippen LogP contribution in [-0.4, -0.2) is 54.0 Å². The molecule has 1 amide bonds. The summed E-state index contributed by atoms with van der Waals surface area (Å²) in [5.74, 6) is -1.25. The SMILES string of the molecule is Cc1cc(N2CC(C(=O)Nc3ncco3)C2)nc2c1c(=O)c(C(=O)O)cn2-c1ncns1. The predicted octanol–water partition coefficient (Wildman–Crippen LogP) is 1.31. The number of anilines is 2. The normalized spacial score (nSPS) is 13.8. The highest BCUT2D eigenvalue weighted by atomic mass is 32.1. The van der Waals surface area contributed by atoms with Gasteiger partial charge in [-0.05, 0) is 18.6 Å². The van der Waals surface area contributed by atoms with Crippen LogP contribution in [0.3, 0.4) is 0 Å². The minimum atomic E-state index is -1.33. The molecule has 162 valence electrons. The van der Waals surface area contributed by atoms with Gasteiger partial charge in [0, 0.05) is 30.8 Å². The molecule has 13 heteroatoms. The van der Waals surface area contributed by atoms with Gasteiger partial charge in [0.1, 0.15) is 24.0 Å². The smallest absolute Gasteiger partial charge is 0.341 e. The van der Waals surface area contributed by atoms with Gasteiger partial charge >= 0.3 is 12.0 Å². The highest BCUT2D eigenvalue weighted by Gasteiger charge is 2.34. The number of hydrogen-bond donors (Lipinski definition) is 2. The molecule has 0 spiro atoms. The molecule has 12 nitrogen and oxygen atoms in total. The molecule has 32 heavy (non-hydrogen) atoms. The summed E-state index contributed by atoms with van der Waals surface area (Å²) in [7, 11) is 0. The Balaban J connectivity index is 1.50. The molecule has 5 heterocycles. The number of oxazole rings is 1. The first-order valence-electron chi connectivity index (χ1n) is 9.45. The summed E-state index contributed by atoms with van der Waals surface area (Å²) in [6.07, 6.45) is 5.37. The van der Waals surface area contributed by atoms with Crippen molar-refractivity contribution in [2.45, 2.75) is 6.92 Å². The number of rotatable bonds is 5. The van der Waals surface area contributed by atoms with Crippen LogP contribution in [0.25, 0.3) is 16.2 Å². The average molecular weight is 453 g/mol. The average Bonchev–Trinajstić information content (AvgIpc) is 3.40. The van der Waals surface area contributed by atoms with E-state index in [0.29, 0.717) is 29.6 Å². The van der Waals surface area contributed by atoms with E-state index in [1.807, 2.05) is 4.90 Å². The minimum absolute atomic E-state index is 0.142. The highest BCUT2D eigenvalue weighted by Crippen LogP contribution is 2.28. The Hall–Kier alpha value is -4.13. The number of carbonyl (C=O) groups is 2. The van der Waals surface area contributed by atoms with Crippen LogP contribution in [0.4, 0.5) is 11.8 Å². The molecule has 0 unspecified atom stereocenters. The van der Waals surface area contributed by atoms with Gasteiger partial charge in [-0.25, -0.2) is 19.7 Å². The third-order valence-electron chi connectivity index (χ3n) is 5.17. The minimum Gasteiger partial charge on any atom is -0.477 e. The van der Waals surface area contributed by atoms with Crippen molar-refractivity contribution in [1.82, 2.24) is 23.9 Å². The first-order valence-corrected chi connectivity index (χ1v) is 10.2. The van der Waals surface area contributed by atoms with Crippen molar-refractivity contribution in [1.29, 1.82) is 0 Å². The molecule has 4 aromatic rings. The highest BCUT2D eigenvalue weighted by molar-refractivity contribution is 7.08. The first kappa shape index (κ1) is 19.8. The van der Waals surface area contributed by atoms with Crippen LogP contribution in [-0.2, 0) is 4.79 Å². The number of aryl methyl sites for hydroxylation is 1. The van der Waals surface area contributed by atoms with Crippen molar-refractivity contribution in [3.05, 3.63) is 52.4 Å². The van der Waals surface area contributed by atoms with Gasteiger partial charge in [-0.2, -0.15) is 4.37 Å². The van der Waals surface area contributed by atoms with Crippen LogP contribution in [0, 0.1) is 12.8 Å². The Bertz CT molecular complexity index is 1390. The quantitative estimate of drug-likeness (QED) is 0.451. The lowest BCUT2D eigenvalue weighted by Crippen LogP contribution is -2.52. The van der Waals surface area contributed by atoms with E-state index in [2.05, 4.69) is 24.6 Å². The third-order valence-corrected chi connectivity index (χ3v) is 5.83. The summed E-state index contributed by atoms with van der Waals surface area (Å²) < 4.78 is 10.4. The Labute approximate surface area is 183 Å². The number of nitrogens with zero attached hydrogens (tertiary/aromatic N) is 6. The van der Waals surface area contributed by atoms with Crippen molar-refractivity contribution in [2.75, 3.05) is 23.3 Å². The number of hydrogen-bond acceptors (Lipinski definition) is 10. The number of aromatic carboxylic acids is 1. The fourth-order valence-corrected chi connectivity index (χ4v) is 4.04. The molecule has 1 fully saturated rings. The molecular weight excluding hydrogens is 438 g/mol. The summed E-state index contributed by atoms with van der Waals surface area (Å²) in [4.78, 5) is 51.3. The van der Waals surface area contributed by atoms with Gasteiger partial charge < -0.3 is 14.4 Å². The zero-order valence-corrected chi connectivity index (χ0v) is 17.4.